The number of aliphatic hydroxyl groups excluding tert-OH is 1. The molecule has 2 N–H and O–H groups in total. The normalized spacial score (nSPS) is 17.9. The van der Waals surface area contributed by atoms with Crippen molar-refractivity contribution in [3.8, 4) is 0 Å². The average molecular weight is 460 g/mol. The predicted molar refractivity (Wildman–Crippen MR) is 126 cm³/mol. The minimum Gasteiger partial charge on any atom is -0.392 e. The summed E-state index contributed by atoms with van der Waals surface area (Å²) < 4.78 is 24.8. The van der Waals surface area contributed by atoms with Crippen LogP contribution in [0.2, 0.25) is 0 Å². The lowest BCUT2D eigenvalue weighted by Gasteiger charge is -2.32. The molecule has 7 nitrogen and oxygen atoms in total. The van der Waals surface area contributed by atoms with Crippen molar-refractivity contribution in [1.29, 1.82) is 0 Å². The van der Waals surface area contributed by atoms with Gasteiger partial charge in [0.1, 0.15) is 0 Å². The number of β-amino-alcohol motifs (C(OH)–C–C–N with tert-alkyl or cyclic N) is 1. The molecule has 1 saturated heterocycles. The van der Waals surface area contributed by atoms with Gasteiger partial charge < -0.3 is 10.0 Å². The first-order valence-corrected chi connectivity index (χ1v) is 12.8. The van der Waals surface area contributed by atoms with Gasteiger partial charge in [-0.05, 0) is 29.5 Å². The molecular weight excluding hydrogens is 426 g/mol. The van der Waals surface area contributed by atoms with Crippen LogP contribution in [0.3, 0.4) is 0 Å². The molecule has 0 unspecified atom stereocenters. The number of amides is 1. The van der Waals surface area contributed by atoms with Gasteiger partial charge in [0.25, 0.3) is 0 Å². The number of hydrogen-bond donors (Lipinski definition) is 2. The van der Waals surface area contributed by atoms with Gasteiger partial charge in [0, 0.05) is 33.2 Å². The lowest BCUT2D eigenvalue weighted by Crippen LogP contribution is -2.39. The first kappa shape index (κ1) is 24.4. The number of sulfonamides is 1. The van der Waals surface area contributed by atoms with Crippen molar-refractivity contribution in [2.24, 2.45) is 0 Å². The number of carbonyl (C=O) groups excluding carboxylic acids is 1. The molecule has 1 fully saturated rings. The Kier molecular flexibility index (Phi) is 8.42. The smallest absolute Gasteiger partial charge is 0.227 e. The molecule has 0 saturated carbocycles. The summed E-state index contributed by atoms with van der Waals surface area (Å²) in [4.78, 5) is 17.1. The first-order chi connectivity index (χ1) is 15.2. The Morgan fingerprint density at radius 1 is 1.16 bits per heavy atom. The van der Waals surface area contributed by atoms with Crippen LogP contribution in [-0.2, 0) is 27.7 Å². The zero-order valence-electron chi connectivity index (χ0n) is 18.8. The van der Waals surface area contributed by atoms with Gasteiger partial charge in [-0.3, -0.25) is 9.69 Å². The van der Waals surface area contributed by atoms with Gasteiger partial charge in [-0.25, -0.2) is 13.1 Å². The van der Waals surface area contributed by atoms with E-state index in [2.05, 4.69) is 9.62 Å². The van der Waals surface area contributed by atoms with Crippen LogP contribution in [0.5, 0.6) is 0 Å². The molecule has 2 aromatic rings. The highest BCUT2D eigenvalue weighted by Gasteiger charge is 2.28. The van der Waals surface area contributed by atoms with Crippen molar-refractivity contribution in [3.63, 3.8) is 0 Å². The fraction of sp³-hybridized carbons (Fsp3) is 0.458. The molecule has 2 atom stereocenters. The van der Waals surface area contributed by atoms with Crippen LogP contribution in [0.1, 0.15) is 29.2 Å². The molecule has 174 valence electrons. The van der Waals surface area contributed by atoms with Crippen molar-refractivity contribution in [1.82, 2.24) is 14.5 Å². The zero-order valence-corrected chi connectivity index (χ0v) is 19.6. The number of benzene rings is 2. The van der Waals surface area contributed by atoms with Crippen LogP contribution >= 0.6 is 0 Å². The Hall–Kier alpha value is -2.26. The van der Waals surface area contributed by atoms with E-state index in [0.29, 0.717) is 32.5 Å². The number of nitrogens with one attached hydrogen (secondary N) is 1. The Labute approximate surface area is 191 Å². The molecule has 1 amide bonds. The molecule has 32 heavy (non-hydrogen) atoms. The zero-order chi connectivity index (χ0) is 23.1. The van der Waals surface area contributed by atoms with Crippen molar-refractivity contribution < 1.29 is 18.3 Å². The van der Waals surface area contributed by atoms with E-state index in [1.165, 1.54) is 0 Å². The summed E-state index contributed by atoms with van der Waals surface area (Å²) in [5.41, 5.74) is 3.02. The maximum absolute atomic E-state index is 13.1. The summed E-state index contributed by atoms with van der Waals surface area (Å²) in [7, 11) is -1.34. The Morgan fingerprint density at radius 3 is 2.41 bits per heavy atom. The Morgan fingerprint density at radius 2 is 1.81 bits per heavy atom. The average Bonchev–Trinajstić information content (AvgIpc) is 3.17. The summed E-state index contributed by atoms with van der Waals surface area (Å²) in [6.45, 7) is 2.52. The monoisotopic (exact) mass is 459 g/mol. The number of likely N-dealkylation sites (N-methyl/N-ethyl adjacent to an activating group) is 1. The fourth-order valence-corrected chi connectivity index (χ4v) is 4.50. The number of aliphatic hydroxyl groups is 1. The first-order valence-electron chi connectivity index (χ1n) is 10.9. The number of carbonyl (C=O) groups is 1. The van der Waals surface area contributed by atoms with Crippen molar-refractivity contribution in [2.75, 3.05) is 39.5 Å². The summed E-state index contributed by atoms with van der Waals surface area (Å²) in [5, 5.41) is 9.89. The van der Waals surface area contributed by atoms with E-state index in [1.54, 1.807) is 0 Å². The molecule has 0 aromatic heterocycles. The Bertz CT molecular complexity index is 980. The van der Waals surface area contributed by atoms with E-state index in [1.807, 2.05) is 66.5 Å². The van der Waals surface area contributed by atoms with E-state index in [-0.39, 0.29) is 18.1 Å². The lowest BCUT2D eigenvalue weighted by atomic mass is 10.0. The molecule has 2 aromatic carbocycles. The molecular formula is C24H33N3O4S. The van der Waals surface area contributed by atoms with Crippen molar-refractivity contribution >= 4 is 15.9 Å². The minimum atomic E-state index is -3.19. The van der Waals surface area contributed by atoms with E-state index < -0.39 is 10.0 Å². The third-order valence-electron chi connectivity index (χ3n) is 5.88. The molecule has 0 aliphatic carbocycles. The lowest BCUT2D eigenvalue weighted by molar-refractivity contribution is -0.131. The van der Waals surface area contributed by atoms with Gasteiger partial charge in [-0.2, -0.15) is 0 Å². The minimum absolute atomic E-state index is 0.0325. The largest absolute Gasteiger partial charge is 0.392 e. The van der Waals surface area contributed by atoms with Gasteiger partial charge in [-0.15, -0.1) is 0 Å². The predicted octanol–water partition coefficient (Wildman–Crippen LogP) is 1.59. The van der Waals surface area contributed by atoms with Gasteiger partial charge in [0.05, 0.1) is 24.8 Å². The standard InChI is InChI=1S/C24H33N3O4S/c1-26(23(21-6-4-3-5-7-21)18-27-15-13-22(28)17-27)24(29)16-20-10-8-19(9-11-20)12-14-25-32(2,30)31/h3-11,22-23,25,28H,12-18H2,1-2H3/t22-,23+/m0/s1. The second kappa shape index (κ2) is 11.0. The topological polar surface area (TPSA) is 90.0 Å². The van der Waals surface area contributed by atoms with E-state index in [4.69, 9.17) is 0 Å². The van der Waals surface area contributed by atoms with E-state index in [0.717, 1.165) is 35.9 Å². The van der Waals surface area contributed by atoms with Crippen LogP contribution in [0.15, 0.2) is 54.6 Å². The molecule has 1 aliphatic rings. The van der Waals surface area contributed by atoms with E-state index >= 15 is 0 Å². The summed E-state index contributed by atoms with van der Waals surface area (Å²) in [6, 6.07) is 17.7. The second-order valence-corrected chi connectivity index (χ2v) is 10.4. The van der Waals surface area contributed by atoms with Gasteiger partial charge >= 0.3 is 0 Å². The van der Waals surface area contributed by atoms with Crippen molar-refractivity contribution in [2.45, 2.75) is 31.4 Å². The molecule has 1 heterocycles. The maximum atomic E-state index is 13.1. The quantitative estimate of drug-likeness (QED) is 0.563. The van der Waals surface area contributed by atoms with Crippen LogP contribution in [0.25, 0.3) is 0 Å². The van der Waals surface area contributed by atoms with Gasteiger partial charge in [0.15, 0.2) is 0 Å². The fourth-order valence-electron chi connectivity index (χ4n) is 4.03. The third kappa shape index (κ3) is 7.41. The Balaban J connectivity index is 1.62. The maximum Gasteiger partial charge on any atom is 0.227 e. The third-order valence-corrected chi connectivity index (χ3v) is 6.61. The van der Waals surface area contributed by atoms with Crippen molar-refractivity contribution in [3.05, 3.63) is 71.3 Å². The molecule has 3 rings (SSSR count). The summed E-state index contributed by atoms with van der Waals surface area (Å²) in [6.07, 6.45) is 2.51. The highest BCUT2D eigenvalue weighted by Crippen LogP contribution is 2.24. The molecule has 0 spiro atoms. The molecule has 0 bridgehead atoms. The molecule has 1 aliphatic heterocycles. The molecule has 8 heteroatoms. The number of hydrogen-bond acceptors (Lipinski definition) is 5. The number of nitrogens with zero attached hydrogens (tertiary/aromatic N) is 2. The number of likely N-dealkylation sites (tertiary alicyclic amines) is 1. The highest BCUT2D eigenvalue weighted by atomic mass is 32.2. The molecule has 0 radical (unpaired) electrons. The number of rotatable bonds is 10. The van der Waals surface area contributed by atoms with Gasteiger partial charge in [0.2, 0.25) is 15.9 Å². The van der Waals surface area contributed by atoms with E-state index in [9.17, 15) is 18.3 Å². The van der Waals surface area contributed by atoms with Crippen LogP contribution in [-0.4, -0.2) is 74.8 Å². The second-order valence-electron chi connectivity index (χ2n) is 8.54. The SMILES string of the molecule is CN(C(=O)Cc1ccc(CCNS(C)(=O)=O)cc1)[C@H](CN1CC[C@H](O)C1)c1ccccc1. The van der Waals surface area contributed by atoms with Crippen LogP contribution < -0.4 is 4.72 Å². The summed E-state index contributed by atoms with van der Waals surface area (Å²) >= 11 is 0. The van der Waals surface area contributed by atoms with Crippen LogP contribution in [0, 0.1) is 0 Å². The summed E-state index contributed by atoms with van der Waals surface area (Å²) in [5.74, 6) is 0.0325. The van der Waals surface area contributed by atoms with Gasteiger partial charge in [-0.1, -0.05) is 54.6 Å². The van der Waals surface area contributed by atoms with Crippen LogP contribution in [0.4, 0.5) is 0 Å². The highest BCUT2D eigenvalue weighted by molar-refractivity contribution is 7.88.